The van der Waals surface area contributed by atoms with Crippen LogP contribution in [0.2, 0.25) is 0 Å². The van der Waals surface area contributed by atoms with E-state index in [1.165, 1.54) is 26.0 Å². The maximum atomic E-state index is 14.1. The van der Waals surface area contributed by atoms with Crippen LogP contribution in [0.3, 0.4) is 0 Å². The Labute approximate surface area is 158 Å². The number of aromatic nitrogens is 2. The molecule has 0 saturated carbocycles. The molecule has 0 fully saturated rings. The summed E-state index contributed by atoms with van der Waals surface area (Å²) in [5, 5.41) is -0.344. The number of hydrogen-bond donors (Lipinski definition) is 1. The number of fused-ring (bicyclic) bond motifs is 1. The maximum absolute atomic E-state index is 14.1. The summed E-state index contributed by atoms with van der Waals surface area (Å²) < 4.78 is 19.7. The van der Waals surface area contributed by atoms with Crippen LogP contribution < -0.4 is 11.2 Å². The van der Waals surface area contributed by atoms with Crippen LogP contribution in [0.4, 0.5) is 4.39 Å². The van der Waals surface area contributed by atoms with E-state index in [4.69, 9.17) is 4.74 Å². The molecule has 3 rings (SSSR count). The van der Waals surface area contributed by atoms with Gasteiger partial charge in [-0.2, -0.15) is 0 Å². The second-order valence-corrected chi connectivity index (χ2v) is 6.66. The van der Waals surface area contributed by atoms with Gasteiger partial charge in [0.25, 0.3) is 5.56 Å². The third-order valence-corrected chi connectivity index (χ3v) is 4.36. The molecular weight excluding hydrogens is 367 g/mol. The number of H-pyrrole nitrogens is 1. The lowest BCUT2D eigenvalue weighted by molar-refractivity contribution is -0.151. The highest BCUT2D eigenvalue weighted by Gasteiger charge is 2.35. The summed E-state index contributed by atoms with van der Waals surface area (Å²) in [5.74, 6) is -2.23. The topological polar surface area (TPSA) is 98.2 Å². The maximum Gasteiger partial charge on any atom is 0.332 e. The third kappa shape index (κ3) is 3.36. The summed E-state index contributed by atoms with van der Waals surface area (Å²) in [7, 11) is 0. The molecule has 0 aliphatic rings. The summed E-state index contributed by atoms with van der Waals surface area (Å²) in [6.45, 7) is 2.01. The number of aromatic amines is 1. The van der Waals surface area contributed by atoms with Crippen molar-refractivity contribution in [1.29, 1.82) is 0 Å². The van der Waals surface area contributed by atoms with Gasteiger partial charge in [-0.1, -0.05) is 36.4 Å². The first kappa shape index (κ1) is 19.2. The van der Waals surface area contributed by atoms with Gasteiger partial charge in [-0.15, -0.1) is 0 Å². The van der Waals surface area contributed by atoms with Crippen molar-refractivity contribution >= 4 is 22.7 Å². The molecular formula is C20H17FN2O5. The molecule has 144 valence electrons. The van der Waals surface area contributed by atoms with Crippen molar-refractivity contribution in [3.8, 4) is 0 Å². The van der Waals surface area contributed by atoms with Crippen LogP contribution in [-0.4, -0.2) is 27.9 Å². The van der Waals surface area contributed by atoms with E-state index in [9.17, 15) is 23.6 Å². The SMILES string of the molecule is CC(C)(C(=O)OCC(=O)c1ccccc1)n1c(=O)[nH]c2cccc(F)c2c1=O. The zero-order chi connectivity index (χ0) is 20.5. The molecule has 0 bridgehead atoms. The van der Waals surface area contributed by atoms with E-state index in [1.54, 1.807) is 30.3 Å². The molecule has 0 saturated heterocycles. The van der Waals surface area contributed by atoms with Gasteiger partial charge in [0.15, 0.2) is 12.4 Å². The number of rotatable bonds is 5. The molecule has 1 heterocycles. The highest BCUT2D eigenvalue weighted by Crippen LogP contribution is 2.16. The van der Waals surface area contributed by atoms with Gasteiger partial charge >= 0.3 is 11.7 Å². The Kier molecular flexibility index (Phi) is 4.96. The lowest BCUT2D eigenvalue weighted by Gasteiger charge is -2.24. The first-order chi connectivity index (χ1) is 13.2. The Morgan fingerprint density at radius 3 is 2.43 bits per heavy atom. The van der Waals surface area contributed by atoms with Crippen molar-refractivity contribution in [2.45, 2.75) is 19.4 Å². The van der Waals surface area contributed by atoms with Crippen molar-refractivity contribution in [1.82, 2.24) is 9.55 Å². The van der Waals surface area contributed by atoms with Gasteiger partial charge in [-0.3, -0.25) is 9.59 Å². The molecule has 0 amide bonds. The van der Waals surface area contributed by atoms with Crippen molar-refractivity contribution in [2.24, 2.45) is 0 Å². The van der Waals surface area contributed by atoms with Crippen molar-refractivity contribution < 1.29 is 18.7 Å². The van der Waals surface area contributed by atoms with Crippen LogP contribution in [-0.2, 0) is 15.1 Å². The van der Waals surface area contributed by atoms with Crippen molar-refractivity contribution in [3.63, 3.8) is 0 Å². The number of ketones is 1. The molecule has 0 unspecified atom stereocenters. The molecule has 0 atom stereocenters. The number of hydrogen-bond acceptors (Lipinski definition) is 5. The zero-order valence-corrected chi connectivity index (χ0v) is 15.2. The van der Waals surface area contributed by atoms with E-state index >= 15 is 0 Å². The number of Topliss-reactive ketones (excluding diaryl/α,β-unsaturated/α-hetero) is 1. The van der Waals surface area contributed by atoms with E-state index in [1.807, 2.05) is 0 Å². The molecule has 3 aromatic rings. The average molecular weight is 384 g/mol. The zero-order valence-electron chi connectivity index (χ0n) is 15.2. The molecule has 0 aliphatic heterocycles. The van der Waals surface area contributed by atoms with E-state index in [-0.39, 0.29) is 10.9 Å². The Balaban J connectivity index is 1.93. The van der Waals surface area contributed by atoms with Gasteiger partial charge in [0.1, 0.15) is 11.4 Å². The largest absolute Gasteiger partial charge is 0.456 e. The second-order valence-electron chi connectivity index (χ2n) is 6.66. The summed E-state index contributed by atoms with van der Waals surface area (Å²) in [6, 6.07) is 12.0. The average Bonchev–Trinajstić information content (AvgIpc) is 2.66. The molecule has 0 aliphatic carbocycles. The predicted molar refractivity (Wildman–Crippen MR) is 99.8 cm³/mol. The van der Waals surface area contributed by atoms with E-state index in [0.29, 0.717) is 10.1 Å². The fourth-order valence-corrected chi connectivity index (χ4v) is 2.83. The highest BCUT2D eigenvalue weighted by molar-refractivity contribution is 5.98. The first-order valence-corrected chi connectivity index (χ1v) is 8.43. The Bertz CT molecular complexity index is 1180. The smallest absolute Gasteiger partial charge is 0.332 e. The predicted octanol–water partition coefficient (Wildman–Crippen LogP) is 1.99. The van der Waals surface area contributed by atoms with Crippen LogP contribution in [0.15, 0.2) is 58.1 Å². The third-order valence-electron chi connectivity index (χ3n) is 4.36. The Morgan fingerprint density at radius 1 is 1.07 bits per heavy atom. The van der Waals surface area contributed by atoms with Crippen LogP contribution >= 0.6 is 0 Å². The fraction of sp³-hybridized carbons (Fsp3) is 0.200. The minimum atomic E-state index is -1.77. The van der Waals surface area contributed by atoms with Crippen LogP contribution in [0.25, 0.3) is 10.9 Å². The van der Waals surface area contributed by atoms with Crippen molar-refractivity contribution in [2.75, 3.05) is 6.61 Å². The van der Waals surface area contributed by atoms with Gasteiger partial charge in [-0.05, 0) is 26.0 Å². The molecule has 0 radical (unpaired) electrons. The molecule has 8 heteroatoms. The fourth-order valence-electron chi connectivity index (χ4n) is 2.83. The lowest BCUT2D eigenvalue weighted by atomic mass is 10.1. The standard InChI is InChI=1S/C20H17FN2O5/c1-20(2,18(26)28-11-15(24)12-7-4-3-5-8-12)23-17(25)16-13(21)9-6-10-14(16)22-19(23)27/h3-10H,11H2,1-2H3,(H,22,27). The molecule has 0 spiro atoms. The number of ether oxygens (including phenoxy) is 1. The van der Waals surface area contributed by atoms with Gasteiger partial charge in [0, 0.05) is 5.56 Å². The molecule has 1 aromatic heterocycles. The van der Waals surface area contributed by atoms with E-state index < -0.39 is 41.0 Å². The monoisotopic (exact) mass is 384 g/mol. The van der Waals surface area contributed by atoms with Gasteiger partial charge in [0.05, 0.1) is 10.9 Å². The van der Waals surface area contributed by atoms with E-state index in [0.717, 1.165) is 6.07 Å². The number of nitrogens with one attached hydrogen (secondary N) is 1. The molecule has 2 aromatic carbocycles. The quantitative estimate of drug-likeness (QED) is 0.536. The number of carbonyl (C=O) groups is 2. The minimum absolute atomic E-state index is 0.0228. The lowest BCUT2D eigenvalue weighted by Crippen LogP contribution is -2.51. The number of halogens is 1. The Morgan fingerprint density at radius 2 is 1.75 bits per heavy atom. The molecule has 28 heavy (non-hydrogen) atoms. The van der Waals surface area contributed by atoms with Crippen LogP contribution in [0.5, 0.6) is 0 Å². The van der Waals surface area contributed by atoms with Gasteiger partial charge < -0.3 is 9.72 Å². The normalized spacial score (nSPS) is 11.4. The molecule has 7 nitrogen and oxygen atoms in total. The van der Waals surface area contributed by atoms with Crippen LogP contribution in [0, 0.1) is 5.82 Å². The number of esters is 1. The first-order valence-electron chi connectivity index (χ1n) is 8.43. The van der Waals surface area contributed by atoms with Crippen molar-refractivity contribution in [3.05, 3.63) is 80.7 Å². The minimum Gasteiger partial charge on any atom is -0.456 e. The second kappa shape index (κ2) is 7.22. The molecule has 1 N–H and O–H groups in total. The van der Waals surface area contributed by atoms with E-state index in [2.05, 4.69) is 4.98 Å². The summed E-state index contributed by atoms with van der Waals surface area (Å²) in [5.41, 5.74) is -3.24. The number of benzene rings is 2. The van der Waals surface area contributed by atoms with Gasteiger partial charge in [-0.25, -0.2) is 18.5 Å². The van der Waals surface area contributed by atoms with Gasteiger partial charge in [0.2, 0.25) is 0 Å². The summed E-state index contributed by atoms with van der Waals surface area (Å²) >= 11 is 0. The number of carbonyl (C=O) groups excluding carboxylic acids is 2. The highest BCUT2D eigenvalue weighted by atomic mass is 19.1. The number of nitrogens with zero attached hydrogens (tertiary/aromatic N) is 1. The summed E-state index contributed by atoms with van der Waals surface area (Å²) in [4.78, 5) is 52.1. The van der Waals surface area contributed by atoms with Crippen LogP contribution in [0.1, 0.15) is 24.2 Å². The summed E-state index contributed by atoms with van der Waals surface area (Å²) in [6.07, 6.45) is 0. The Hall–Kier alpha value is -3.55.